The Hall–Kier alpha value is -3.42. The van der Waals surface area contributed by atoms with Crippen LogP contribution in [0.4, 0.5) is 4.39 Å². The van der Waals surface area contributed by atoms with Crippen LogP contribution in [0.15, 0.2) is 66.7 Å². The normalized spacial score (nSPS) is 23.4. The summed E-state index contributed by atoms with van der Waals surface area (Å²) in [5.41, 5.74) is 2.04. The number of fused-ring (bicyclic) bond motifs is 1. The van der Waals surface area contributed by atoms with Crippen LogP contribution in [0.25, 0.3) is 0 Å². The van der Waals surface area contributed by atoms with Gasteiger partial charge in [0.15, 0.2) is 12.1 Å². The maximum atomic E-state index is 13.9. The van der Waals surface area contributed by atoms with Crippen LogP contribution in [0, 0.1) is 5.82 Å². The second kappa shape index (κ2) is 11.4. The Balaban J connectivity index is 1.25. The molecule has 6 rings (SSSR count). The van der Waals surface area contributed by atoms with Gasteiger partial charge in [0.25, 0.3) is 0 Å². The van der Waals surface area contributed by atoms with Crippen molar-refractivity contribution in [3.63, 3.8) is 0 Å². The number of rotatable bonds is 8. The summed E-state index contributed by atoms with van der Waals surface area (Å²) in [5, 5.41) is 0. The molecule has 0 aliphatic carbocycles. The maximum absolute atomic E-state index is 13.9. The molecule has 3 aromatic carbocycles. The third kappa shape index (κ3) is 5.65. The lowest BCUT2D eigenvalue weighted by atomic mass is 9.81. The molecule has 2 saturated heterocycles. The lowest BCUT2D eigenvalue weighted by molar-refractivity contribution is -0.106. The summed E-state index contributed by atoms with van der Waals surface area (Å²) in [4.78, 5) is 16.2. The van der Waals surface area contributed by atoms with Crippen LogP contribution < -0.4 is 14.2 Å². The molecule has 0 radical (unpaired) electrons. The number of nitrogens with zero attached hydrogens (tertiary/aromatic N) is 1. The number of ketones is 1. The van der Waals surface area contributed by atoms with E-state index in [9.17, 15) is 9.18 Å². The topological polar surface area (TPSA) is 57.2 Å². The molecule has 0 N–H and O–H groups in total. The summed E-state index contributed by atoms with van der Waals surface area (Å²) in [6.07, 6.45) is 3.38. The summed E-state index contributed by atoms with van der Waals surface area (Å²) in [6.45, 7) is 5.84. The van der Waals surface area contributed by atoms with E-state index in [0.29, 0.717) is 29.2 Å². The van der Waals surface area contributed by atoms with Crippen LogP contribution in [0.1, 0.15) is 66.1 Å². The van der Waals surface area contributed by atoms with Gasteiger partial charge in [0, 0.05) is 25.6 Å². The molecule has 6 nitrogen and oxygen atoms in total. The Morgan fingerprint density at radius 2 is 1.67 bits per heavy atom. The lowest BCUT2D eigenvalue weighted by Gasteiger charge is -2.38. The number of likely N-dealkylation sites (tertiary alicyclic amines) is 1. The molecule has 204 valence electrons. The second-order valence-electron chi connectivity index (χ2n) is 10.6. The van der Waals surface area contributed by atoms with Crippen molar-refractivity contribution in [2.45, 2.75) is 57.0 Å². The number of halogens is 1. The molecule has 39 heavy (non-hydrogen) atoms. The fourth-order valence-electron chi connectivity index (χ4n) is 5.62. The van der Waals surface area contributed by atoms with Gasteiger partial charge < -0.3 is 18.9 Å². The number of carbonyl (C=O) groups excluding carboxylic acids is 1. The quantitative estimate of drug-likeness (QED) is 0.340. The van der Waals surface area contributed by atoms with Gasteiger partial charge in [-0.15, -0.1) is 0 Å². The van der Waals surface area contributed by atoms with Crippen molar-refractivity contribution in [2.75, 3.05) is 26.2 Å². The molecule has 7 heteroatoms. The highest BCUT2D eigenvalue weighted by Gasteiger charge is 2.40. The number of hydrogen-bond acceptors (Lipinski definition) is 6. The van der Waals surface area contributed by atoms with E-state index in [1.165, 1.54) is 12.1 Å². The third-order valence-electron chi connectivity index (χ3n) is 7.67. The minimum atomic E-state index is -0.618. The minimum absolute atomic E-state index is 0.0702. The third-order valence-corrected chi connectivity index (χ3v) is 7.67. The first-order chi connectivity index (χ1) is 19.1. The van der Waals surface area contributed by atoms with Crippen molar-refractivity contribution in [1.82, 2.24) is 4.90 Å². The van der Waals surface area contributed by atoms with E-state index in [4.69, 9.17) is 18.9 Å². The highest BCUT2D eigenvalue weighted by molar-refractivity contribution is 6.04. The molecule has 2 fully saturated rings. The van der Waals surface area contributed by atoms with Crippen LogP contribution in [0.5, 0.6) is 17.2 Å². The van der Waals surface area contributed by atoms with E-state index >= 15 is 0 Å². The highest BCUT2D eigenvalue weighted by Crippen LogP contribution is 2.45. The van der Waals surface area contributed by atoms with E-state index in [0.717, 1.165) is 56.6 Å². The van der Waals surface area contributed by atoms with E-state index < -0.39 is 12.0 Å². The van der Waals surface area contributed by atoms with E-state index in [-0.39, 0.29) is 24.0 Å². The molecule has 0 spiro atoms. The SMILES string of the molecule is CCCN1CC(Oc2ccc(C3Oc4cc(OC5CCCCO5)ccc4C(=O)C3c3ccc(F)cc3)cc2)C1. The first-order valence-electron chi connectivity index (χ1n) is 13.9. The van der Waals surface area contributed by atoms with Crippen molar-refractivity contribution in [2.24, 2.45) is 0 Å². The Labute approximate surface area is 228 Å². The first-order valence-corrected chi connectivity index (χ1v) is 13.9. The van der Waals surface area contributed by atoms with Crippen LogP contribution in [-0.2, 0) is 4.74 Å². The van der Waals surface area contributed by atoms with Crippen LogP contribution in [0.3, 0.4) is 0 Å². The average Bonchev–Trinajstić information content (AvgIpc) is 2.93. The molecular weight excluding hydrogens is 497 g/mol. The van der Waals surface area contributed by atoms with Gasteiger partial charge in [-0.3, -0.25) is 9.69 Å². The van der Waals surface area contributed by atoms with Gasteiger partial charge in [0.2, 0.25) is 0 Å². The molecule has 0 saturated carbocycles. The van der Waals surface area contributed by atoms with Crippen molar-refractivity contribution in [1.29, 1.82) is 0 Å². The summed E-state index contributed by atoms with van der Waals surface area (Å²) in [7, 11) is 0. The molecule has 0 bridgehead atoms. The Kier molecular flexibility index (Phi) is 7.53. The highest BCUT2D eigenvalue weighted by atomic mass is 19.1. The predicted octanol–water partition coefficient (Wildman–Crippen LogP) is 6.30. The molecule has 0 amide bonds. The van der Waals surface area contributed by atoms with Crippen LogP contribution >= 0.6 is 0 Å². The van der Waals surface area contributed by atoms with Crippen LogP contribution in [-0.4, -0.2) is 49.3 Å². The molecule has 3 unspecified atom stereocenters. The summed E-state index contributed by atoms with van der Waals surface area (Å²) in [5.74, 6) is 0.841. The van der Waals surface area contributed by atoms with Crippen LogP contribution in [0.2, 0.25) is 0 Å². The molecule has 3 heterocycles. The monoisotopic (exact) mass is 531 g/mol. The lowest BCUT2D eigenvalue weighted by Crippen LogP contribution is -2.53. The number of carbonyl (C=O) groups is 1. The van der Waals surface area contributed by atoms with Gasteiger partial charge in [-0.25, -0.2) is 4.39 Å². The summed E-state index contributed by atoms with van der Waals surface area (Å²) in [6, 6.07) is 19.2. The van der Waals surface area contributed by atoms with Gasteiger partial charge in [-0.1, -0.05) is 31.2 Å². The fraction of sp³-hybridized carbons (Fsp3) is 0.406. The number of Topliss-reactive ketones (excluding diaryl/α,β-unsaturated/α-hetero) is 1. The van der Waals surface area contributed by atoms with E-state index in [1.54, 1.807) is 30.3 Å². The van der Waals surface area contributed by atoms with Crippen molar-refractivity contribution in [3.05, 3.63) is 89.2 Å². The zero-order chi connectivity index (χ0) is 26.8. The fourth-order valence-corrected chi connectivity index (χ4v) is 5.62. The van der Waals surface area contributed by atoms with Crippen molar-refractivity contribution in [3.8, 4) is 17.2 Å². The van der Waals surface area contributed by atoms with Gasteiger partial charge in [-0.05, 0) is 73.3 Å². The standard InChI is InChI=1S/C32H34FNO5/c1-2-16-34-19-26(20-34)37-24-12-8-22(9-13-24)32-30(21-6-10-23(33)11-7-21)31(35)27-15-14-25(18-28(27)39-32)38-29-5-3-4-17-36-29/h6-15,18,26,29-30,32H,2-5,16-17,19-20H2,1H3. The zero-order valence-corrected chi connectivity index (χ0v) is 22.2. The maximum Gasteiger partial charge on any atom is 0.199 e. The molecule has 3 aliphatic heterocycles. The van der Waals surface area contributed by atoms with Gasteiger partial charge in [0.1, 0.15) is 35.3 Å². The predicted molar refractivity (Wildman–Crippen MR) is 145 cm³/mol. The molecule has 3 atom stereocenters. The number of benzene rings is 3. The van der Waals surface area contributed by atoms with Crippen molar-refractivity contribution >= 4 is 5.78 Å². The Morgan fingerprint density at radius 1 is 0.923 bits per heavy atom. The van der Waals surface area contributed by atoms with E-state index in [1.807, 2.05) is 24.3 Å². The molecule has 3 aliphatic rings. The van der Waals surface area contributed by atoms with E-state index in [2.05, 4.69) is 11.8 Å². The smallest absolute Gasteiger partial charge is 0.199 e. The largest absolute Gasteiger partial charge is 0.488 e. The van der Waals surface area contributed by atoms with Gasteiger partial charge >= 0.3 is 0 Å². The Bertz CT molecular complexity index is 1280. The second-order valence-corrected chi connectivity index (χ2v) is 10.6. The average molecular weight is 532 g/mol. The number of ether oxygens (including phenoxy) is 4. The van der Waals surface area contributed by atoms with Gasteiger partial charge in [-0.2, -0.15) is 0 Å². The molecule has 3 aromatic rings. The summed E-state index contributed by atoms with van der Waals surface area (Å²) >= 11 is 0. The Morgan fingerprint density at radius 3 is 2.38 bits per heavy atom. The molecular formula is C32H34FNO5. The zero-order valence-electron chi connectivity index (χ0n) is 22.2. The number of hydrogen-bond donors (Lipinski definition) is 0. The van der Waals surface area contributed by atoms with Gasteiger partial charge in [0.05, 0.1) is 18.1 Å². The summed E-state index contributed by atoms with van der Waals surface area (Å²) < 4.78 is 38.2. The minimum Gasteiger partial charge on any atom is -0.488 e. The molecule has 0 aromatic heterocycles. The first kappa shape index (κ1) is 25.8. The van der Waals surface area contributed by atoms with Crippen molar-refractivity contribution < 1.29 is 28.1 Å².